The van der Waals surface area contributed by atoms with Gasteiger partial charge in [-0.3, -0.25) is 14.4 Å². The molecule has 34 heavy (non-hydrogen) atoms. The topological polar surface area (TPSA) is 108 Å². The molecule has 0 saturated carbocycles. The van der Waals surface area contributed by atoms with Gasteiger partial charge in [-0.25, -0.2) is 4.79 Å². The second kappa shape index (κ2) is 11.8. The van der Waals surface area contributed by atoms with E-state index in [0.29, 0.717) is 37.3 Å². The Morgan fingerprint density at radius 1 is 0.941 bits per heavy atom. The fourth-order valence-electron chi connectivity index (χ4n) is 3.54. The van der Waals surface area contributed by atoms with Gasteiger partial charge in [-0.1, -0.05) is 35.9 Å². The summed E-state index contributed by atoms with van der Waals surface area (Å²) in [6.45, 7) is 2.21. The van der Waals surface area contributed by atoms with E-state index in [4.69, 9.17) is 4.74 Å². The minimum atomic E-state index is -0.466. The number of carbonyl (C=O) groups is 4. The Kier molecular flexibility index (Phi) is 8.61. The molecule has 180 valence electrons. The van der Waals surface area contributed by atoms with Crippen molar-refractivity contribution in [3.05, 3.63) is 60.2 Å². The highest BCUT2D eigenvalue weighted by atomic mass is 16.5. The fraction of sp³-hybridized carbons (Fsp3) is 0.360. The van der Waals surface area contributed by atoms with E-state index in [1.807, 2.05) is 49.4 Å². The van der Waals surface area contributed by atoms with Gasteiger partial charge in [0.25, 0.3) is 5.91 Å². The molecule has 0 aliphatic carbocycles. The van der Waals surface area contributed by atoms with Crippen molar-refractivity contribution in [2.45, 2.75) is 19.8 Å². The van der Waals surface area contributed by atoms with E-state index in [1.165, 1.54) is 11.9 Å². The molecule has 2 N–H and O–H groups in total. The second-order valence-electron chi connectivity index (χ2n) is 8.33. The average molecular weight is 467 g/mol. The number of para-hydroxylation sites is 1. The normalized spacial score (nSPS) is 13.6. The summed E-state index contributed by atoms with van der Waals surface area (Å²) < 4.78 is 5.19. The molecule has 2 aromatic rings. The first-order chi connectivity index (χ1) is 16.3. The van der Waals surface area contributed by atoms with Crippen molar-refractivity contribution in [2.75, 3.05) is 43.9 Å². The van der Waals surface area contributed by atoms with Gasteiger partial charge in [-0.05, 0) is 44.0 Å². The molecule has 0 bridgehead atoms. The van der Waals surface area contributed by atoms with E-state index < -0.39 is 18.5 Å². The minimum Gasteiger partial charge on any atom is -0.455 e. The molecule has 2 aromatic carbocycles. The van der Waals surface area contributed by atoms with Gasteiger partial charge >= 0.3 is 12.0 Å². The Hall–Kier alpha value is -3.88. The largest absolute Gasteiger partial charge is 0.455 e. The Morgan fingerprint density at radius 2 is 1.56 bits per heavy atom. The minimum absolute atomic E-state index is 0.154. The van der Waals surface area contributed by atoms with Crippen LogP contribution in [0.3, 0.4) is 0 Å². The summed E-state index contributed by atoms with van der Waals surface area (Å²) in [5.74, 6) is -1.64. The molecule has 4 amide bonds. The van der Waals surface area contributed by atoms with Gasteiger partial charge in [-0.15, -0.1) is 0 Å². The van der Waals surface area contributed by atoms with E-state index in [2.05, 4.69) is 10.6 Å². The van der Waals surface area contributed by atoms with Gasteiger partial charge in [0.15, 0.2) is 6.61 Å². The van der Waals surface area contributed by atoms with Crippen molar-refractivity contribution in [1.82, 2.24) is 9.80 Å². The smallest absolute Gasteiger partial charge is 0.321 e. The number of anilines is 2. The van der Waals surface area contributed by atoms with Crippen LogP contribution in [0.5, 0.6) is 0 Å². The lowest BCUT2D eigenvalue weighted by Crippen LogP contribution is -2.43. The van der Waals surface area contributed by atoms with Crippen LogP contribution < -0.4 is 10.6 Å². The number of nitrogens with zero attached hydrogens (tertiary/aromatic N) is 2. The number of urea groups is 1. The summed E-state index contributed by atoms with van der Waals surface area (Å²) in [4.78, 5) is 52.1. The van der Waals surface area contributed by atoms with E-state index in [9.17, 15) is 19.2 Å². The molecule has 0 spiro atoms. The maximum Gasteiger partial charge on any atom is 0.321 e. The SMILES string of the molecule is Cc1ccc(NC(=O)CN(C)C(=O)COC(=O)C2CCN(C(=O)Nc3ccccc3)CC2)cc1. The predicted molar refractivity (Wildman–Crippen MR) is 128 cm³/mol. The van der Waals surface area contributed by atoms with Gasteiger partial charge in [0.2, 0.25) is 5.91 Å². The Morgan fingerprint density at radius 3 is 2.21 bits per heavy atom. The summed E-state index contributed by atoms with van der Waals surface area (Å²) in [5, 5.41) is 5.55. The summed E-state index contributed by atoms with van der Waals surface area (Å²) in [6, 6.07) is 16.3. The number of rotatable bonds is 7. The van der Waals surface area contributed by atoms with Crippen LogP contribution in [0.1, 0.15) is 18.4 Å². The summed E-state index contributed by atoms with van der Waals surface area (Å²) in [5.41, 5.74) is 2.43. The molecule has 1 aliphatic heterocycles. The number of likely N-dealkylation sites (tertiary alicyclic amines) is 1. The number of ether oxygens (including phenoxy) is 1. The Bertz CT molecular complexity index is 1000. The Labute approximate surface area is 199 Å². The molecule has 9 nitrogen and oxygen atoms in total. The molecule has 1 aliphatic rings. The quantitative estimate of drug-likeness (QED) is 0.610. The van der Waals surface area contributed by atoms with Crippen LogP contribution in [-0.2, 0) is 19.1 Å². The number of hydrogen-bond acceptors (Lipinski definition) is 5. The van der Waals surface area contributed by atoms with Crippen LogP contribution in [0.4, 0.5) is 16.2 Å². The average Bonchev–Trinajstić information content (AvgIpc) is 2.84. The van der Waals surface area contributed by atoms with Crippen LogP contribution in [0.15, 0.2) is 54.6 Å². The number of piperidine rings is 1. The monoisotopic (exact) mass is 466 g/mol. The van der Waals surface area contributed by atoms with E-state index >= 15 is 0 Å². The number of benzene rings is 2. The zero-order valence-electron chi connectivity index (χ0n) is 19.5. The fourth-order valence-corrected chi connectivity index (χ4v) is 3.54. The number of carbonyl (C=O) groups excluding carboxylic acids is 4. The molecule has 3 rings (SSSR count). The highest BCUT2D eigenvalue weighted by Gasteiger charge is 2.29. The maximum absolute atomic E-state index is 12.4. The zero-order chi connectivity index (χ0) is 24.5. The molecule has 0 radical (unpaired) electrons. The molecule has 0 atom stereocenters. The van der Waals surface area contributed by atoms with E-state index in [0.717, 1.165) is 5.56 Å². The number of aryl methyl sites for hydroxylation is 1. The van der Waals surface area contributed by atoms with Crippen molar-refractivity contribution in [1.29, 1.82) is 0 Å². The zero-order valence-corrected chi connectivity index (χ0v) is 19.5. The van der Waals surface area contributed by atoms with E-state index in [1.54, 1.807) is 17.0 Å². The molecule has 1 heterocycles. The first-order valence-electron chi connectivity index (χ1n) is 11.2. The third kappa shape index (κ3) is 7.33. The molecule has 1 saturated heterocycles. The number of hydrogen-bond donors (Lipinski definition) is 2. The lowest BCUT2D eigenvalue weighted by atomic mass is 9.97. The molecule has 0 aromatic heterocycles. The third-order valence-corrected chi connectivity index (χ3v) is 5.62. The van der Waals surface area contributed by atoms with Crippen molar-refractivity contribution in [2.24, 2.45) is 5.92 Å². The summed E-state index contributed by atoms with van der Waals surface area (Å²) in [6.07, 6.45) is 0.925. The second-order valence-corrected chi connectivity index (χ2v) is 8.33. The van der Waals surface area contributed by atoms with Crippen molar-refractivity contribution in [3.8, 4) is 0 Å². The van der Waals surface area contributed by atoms with Gasteiger partial charge in [0.05, 0.1) is 12.5 Å². The van der Waals surface area contributed by atoms with Crippen molar-refractivity contribution < 1.29 is 23.9 Å². The Balaban J connectivity index is 1.36. The lowest BCUT2D eigenvalue weighted by Gasteiger charge is -2.31. The van der Waals surface area contributed by atoms with Gasteiger partial charge in [0, 0.05) is 31.5 Å². The number of amides is 4. The maximum atomic E-state index is 12.4. The van der Waals surface area contributed by atoms with E-state index in [-0.39, 0.29) is 24.4 Å². The van der Waals surface area contributed by atoms with Crippen LogP contribution in [0, 0.1) is 12.8 Å². The third-order valence-electron chi connectivity index (χ3n) is 5.62. The number of esters is 1. The molecular formula is C25H30N4O5. The highest BCUT2D eigenvalue weighted by Crippen LogP contribution is 2.20. The van der Waals surface area contributed by atoms with Crippen molar-refractivity contribution >= 4 is 35.2 Å². The van der Waals surface area contributed by atoms with Crippen molar-refractivity contribution in [3.63, 3.8) is 0 Å². The number of nitrogens with one attached hydrogen (secondary N) is 2. The molecule has 0 unspecified atom stereocenters. The van der Waals surface area contributed by atoms with Crippen LogP contribution in [0.25, 0.3) is 0 Å². The lowest BCUT2D eigenvalue weighted by molar-refractivity contribution is -0.156. The molecule has 9 heteroatoms. The molecular weight excluding hydrogens is 436 g/mol. The van der Waals surface area contributed by atoms with Crippen LogP contribution in [0.2, 0.25) is 0 Å². The summed E-state index contributed by atoms with van der Waals surface area (Å²) in [7, 11) is 1.48. The molecule has 1 fully saturated rings. The predicted octanol–water partition coefficient (Wildman–Crippen LogP) is 2.88. The number of likely N-dealkylation sites (N-methyl/N-ethyl adjacent to an activating group) is 1. The summed E-state index contributed by atoms with van der Waals surface area (Å²) >= 11 is 0. The van der Waals surface area contributed by atoms with Gasteiger partial charge in [0.1, 0.15) is 0 Å². The van der Waals surface area contributed by atoms with Crippen LogP contribution >= 0.6 is 0 Å². The first kappa shape index (κ1) is 24.8. The van der Waals surface area contributed by atoms with Gasteiger partial charge < -0.3 is 25.2 Å². The first-order valence-corrected chi connectivity index (χ1v) is 11.2. The standard InChI is InChI=1S/C25H30N4O5/c1-18-8-10-21(11-9-18)26-22(30)16-28(2)23(31)17-34-24(32)19-12-14-29(15-13-19)25(33)27-20-6-4-3-5-7-20/h3-11,19H,12-17H2,1-2H3,(H,26,30)(H,27,33). The highest BCUT2D eigenvalue weighted by molar-refractivity contribution is 5.95. The van der Waals surface area contributed by atoms with Crippen LogP contribution in [-0.4, -0.2) is 66.9 Å². The van der Waals surface area contributed by atoms with Gasteiger partial charge in [-0.2, -0.15) is 0 Å².